The quantitative estimate of drug-likeness (QED) is 0.213. The first-order valence-electron chi connectivity index (χ1n) is 14.0. The second-order valence-electron chi connectivity index (χ2n) is 10.5. The van der Waals surface area contributed by atoms with E-state index in [1.165, 1.54) is 0 Å². The highest BCUT2D eigenvalue weighted by Gasteiger charge is 2.41. The van der Waals surface area contributed by atoms with Crippen LogP contribution < -0.4 is 4.90 Å². The average Bonchev–Trinajstić information content (AvgIpc) is 3.53. The molecule has 1 unspecified atom stereocenters. The fourth-order valence-corrected chi connectivity index (χ4v) is 6.20. The van der Waals surface area contributed by atoms with Crippen LogP contribution in [0.15, 0.2) is 128 Å². The Balaban J connectivity index is 1.25. The Morgan fingerprint density at radius 2 is 1.52 bits per heavy atom. The fraction of sp³-hybridized carbons (Fsp3) is 0.0556. The van der Waals surface area contributed by atoms with Gasteiger partial charge in [0.1, 0.15) is 0 Å². The SMILES string of the molecule is O=C1c2ccc3c4ccccc4n(C4C=CC=CC4)c3c2C(=O)N1c1nccc(-c2cccc(-c3ccccc3)c2)n1. The summed E-state index contributed by atoms with van der Waals surface area (Å²) in [6.07, 6.45) is 10.7. The van der Waals surface area contributed by atoms with Crippen LogP contribution >= 0.6 is 0 Å². The van der Waals surface area contributed by atoms with Gasteiger partial charge in [-0.05, 0) is 41.8 Å². The van der Waals surface area contributed by atoms with Crippen LogP contribution in [0.5, 0.6) is 0 Å². The minimum atomic E-state index is -0.414. The largest absolute Gasteiger partial charge is 0.332 e. The van der Waals surface area contributed by atoms with Crippen LogP contribution in [-0.4, -0.2) is 26.3 Å². The van der Waals surface area contributed by atoms with E-state index < -0.39 is 11.8 Å². The molecule has 3 heterocycles. The fourth-order valence-electron chi connectivity index (χ4n) is 6.20. The van der Waals surface area contributed by atoms with Gasteiger partial charge in [0.05, 0.1) is 28.4 Å². The van der Waals surface area contributed by atoms with Gasteiger partial charge in [-0.25, -0.2) is 14.9 Å². The minimum absolute atomic E-state index is 0.0253. The summed E-state index contributed by atoms with van der Waals surface area (Å²) in [5, 5.41) is 2.00. The Labute approximate surface area is 241 Å². The smallest absolute Gasteiger partial charge is 0.270 e. The third kappa shape index (κ3) is 3.65. The highest BCUT2D eigenvalue weighted by atomic mass is 16.2. The Bertz CT molecular complexity index is 2120. The number of nitrogens with zero attached hydrogens (tertiary/aromatic N) is 4. The maximum atomic E-state index is 14.2. The average molecular weight is 545 g/mol. The molecule has 200 valence electrons. The third-order valence-corrected chi connectivity index (χ3v) is 8.12. The molecule has 6 heteroatoms. The van der Waals surface area contributed by atoms with Gasteiger partial charge < -0.3 is 4.57 Å². The Hall–Kier alpha value is -5.62. The zero-order valence-electron chi connectivity index (χ0n) is 22.5. The number of carbonyl (C=O) groups is 2. The number of rotatable bonds is 4. The Kier molecular flexibility index (Phi) is 5.47. The summed E-state index contributed by atoms with van der Waals surface area (Å²) < 4.78 is 2.20. The van der Waals surface area contributed by atoms with Crippen molar-refractivity contribution >= 4 is 39.6 Å². The van der Waals surface area contributed by atoms with Gasteiger partial charge in [0.15, 0.2) is 0 Å². The van der Waals surface area contributed by atoms with Crippen molar-refractivity contribution < 1.29 is 9.59 Å². The number of allylic oxidation sites excluding steroid dienone is 4. The van der Waals surface area contributed by atoms with Crippen molar-refractivity contribution in [2.24, 2.45) is 0 Å². The second kappa shape index (κ2) is 9.49. The minimum Gasteiger partial charge on any atom is -0.332 e. The molecule has 0 radical (unpaired) electrons. The predicted molar refractivity (Wildman–Crippen MR) is 165 cm³/mol. The van der Waals surface area contributed by atoms with Crippen molar-refractivity contribution in [3.8, 4) is 22.4 Å². The Morgan fingerprint density at radius 1 is 0.714 bits per heavy atom. The molecule has 0 saturated carbocycles. The number of fused-ring (bicyclic) bond motifs is 5. The molecule has 42 heavy (non-hydrogen) atoms. The number of carbonyl (C=O) groups excluding carboxylic acids is 2. The van der Waals surface area contributed by atoms with E-state index >= 15 is 0 Å². The molecule has 0 fully saturated rings. The summed E-state index contributed by atoms with van der Waals surface area (Å²) in [6.45, 7) is 0. The normalized spacial score (nSPS) is 16.1. The number of imide groups is 1. The van der Waals surface area contributed by atoms with Crippen molar-refractivity contribution in [2.45, 2.75) is 12.5 Å². The molecule has 8 rings (SSSR count). The molecule has 6 aromatic rings. The summed E-state index contributed by atoms with van der Waals surface area (Å²) in [5.74, 6) is -0.752. The molecular weight excluding hydrogens is 520 g/mol. The summed E-state index contributed by atoms with van der Waals surface area (Å²) in [6, 6.07) is 31.8. The second-order valence-corrected chi connectivity index (χ2v) is 10.5. The molecule has 2 aliphatic rings. The molecule has 2 aromatic heterocycles. The lowest BCUT2D eigenvalue weighted by molar-refractivity contribution is 0.0924. The molecular formula is C36H24N4O2. The van der Waals surface area contributed by atoms with Gasteiger partial charge in [-0.2, -0.15) is 0 Å². The monoisotopic (exact) mass is 544 g/mol. The number of amides is 2. The lowest BCUT2D eigenvalue weighted by Crippen LogP contribution is -2.31. The molecule has 0 spiro atoms. The number of aromatic nitrogens is 3. The molecule has 0 saturated heterocycles. The van der Waals surface area contributed by atoms with Crippen molar-refractivity contribution in [3.05, 3.63) is 139 Å². The zero-order valence-corrected chi connectivity index (χ0v) is 22.5. The van der Waals surface area contributed by atoms with E-state index in [0.29, 0.717) is 16.8 Å². The van der Waals surface area contributed by atoms with Gasteiger partial charge in [0.2, 0.25) is 5.95 Å². The molecule has 1 aliphatic carbocycles. The van der Waals surface area contributed by atoms with Crippen molar-refractivity contribution in [2.75, 3.05) is 4.90 Å². The van der Waals surface area contributed by atoms with E-state index in [1.807, 2.05) is 66.7 Å². The zero-order chi connectivity index (χ0) is 28.2. The molecule has 1 aliphatic heterocycles. The van der Waals surface area contributed by atoms with Crippen molar-refractivity contribution in [3.63, 3.8) is 0 Å². The maximum Gasteiger partial charge on any atom is 0.270 e. The van der Waals surface area contributed by atoms with Gasteiger partial charge in [-0.1, -0.05) is 97.1 Å². The number of benzene rings is 4. The van der Waals surface area contributed by atoms with Gasteiger partial charge in [-0.15, -0.1) is 0 Å². The van der Waals surface area contributed by atoms with Crippen LogP contribution in [0.1, 0.15) is 33.2 Å². The summed E-state index contributed by atoms with van der Waals surface area (Å²) in [5.41, 5.74) is 6.22. The third-order valence-electron chi connectivity index (χ3n) is 8.12. The topological polar surface area (TPSA) is 68.1 Å². The van der Waals surface area contributed by atoms with Crippen LogP contribution in [0.25, 0.3) is 44.2 Å². The lowest BCUT2D eigenvalue weighted by Gasteiger charge is -2.19. The first-order chi connectivity index (χ1) is 20.7. The number of anilines is 1. The molecule has 0 bridgehead atoms. The molecule has 0 N–H and O–H groups in total. The van der Waals surface area contributed by atoms with Gasteiger partial charge >= 0.3 is 0 Å². The highest BCUT2D eigenvalue weighted by molar-refractivity contribution is 6.38. The maximum absolute atomic E-state index is 14.2. The van der Waals surface area contributed by atoms with Crippen LogP contribution in [0.2, 0.25) is 0 Å². The van der Waals surface area contributed by atoms with E-state index in [0.717, 1.165) is 49.8 Å². The van der Waals surface area contributed by atoms with Crippen LogP contribution in [0.4, 0.5) is 5.95 Å². The first-order valence-corrected chi connectivity index (χ1v) is 14.0. The lowest BCUT2D eigenvalue weighted by atomic mass is 10.0. The number of hydrogen-bond acceptors (Lipinski definition) is 4. The van der Waals surface area contributed by atoms with Crippen LogP contribution in [-0.2, 0) is 0 Å². The van der Waals surface area contributed by atoms with E-state index in [2.05, 4.69) is 52.0 Å². The standard InChI is InChI=1S/C36H24N4O2/c41-34-29-19-18-28-27-16-7-8-17-31(27)39(26-14-5-2-6-15-26)33(28)32(29)35(42)40(34)36-37-21-20-30(38-36)25-13-9-12-24(22-25)23-10-3-1-4-11-23/h1-14,16-22,26H,15H2. The Morgan fingerprint density at radius 3 is 2.38 bits per heavy atom. The molecule has 6 nitrogen and oxygen atoms in total. The van der Waals surface area contributed by atoms with E-state index in [4.69, 9.17) is 4.98 Å². The van der Waals surface area contributed by atoms with E-state index in [-0.39, 0.29) is 12.0 Å². The number of hydrogen-bond donors (Lipinski definition) is 0. The van der Waals surface area contributed by atoms with Gasteiger partial charge in [-0.3, -0.25) is 9.59 Å². The van der Waals surface area contributed by atoms with E-state index in [1.54, 1.807) is 18.3 Å². The van der Waals surface area contributed by atoms with Gasteiger partial charge in [0, 0.05) is 28.0 Å². The summed E-state index contributed by atoms with van der Waals surface area (Å²) in [7, 11) is 0. The predicted octanol–water partition coefficient (Wildman–Crippen LogP) is 7.78. The van der Waals surface area contributed by atoms with Crippen molar-refractivity contribution in [1.82, 2.24) is 14.5 Å². The molecule has 4 aromatic carbocycles. The van der Waals surface area contributed by atoms with Crippen molar-refractivity contribution in [1.29, 1.82) is 0 Å². The van der Waals surface area contributed by atoms with Crippen LogP contribution in [0, 0.1) is 0 Å². The highest BCUT2D eigenvalue weighted by Crippen LogP contribution is 2.40. The molecule has 2 amide bonds. The van der Waals surface area contributed by atoms with E-state index in [9.17, 15) is 9.59 Å². The van der Waals surface area contributed by atoms with Crippen LogP contribution in [0.3, 0.4) is 0 Å². The summed E-state index contributed by atoms with van der Waals surface area (Å²) >= 11 is 0. The summed E-state index contributed by atoms with van der Waals surface area (Å²) in [4.78, 5) is 38.3. The van der Waals surface area contributed by atoms with Gasteiger partial charge in [0.25, 0.3) is 11.8 Å². The molecule has 1 atom stereocenters. The first kappa shape index (κ1) is 24.2. The number of para-hydroxylation sites is 1.